The predicted octanol–water partition coefficient (Wildman–Crippen LogP) is 4.50. The summed E-state index contributed by atoms with van der Waals surface area (Å²) < 4.78 is 5.70. The molecule has 126 valence electrons. The third-order valence-electron chi connectivity index (χ3n) is 4.15. The van der Waals surface area contributed by atoms with Gasteiger partial charge in [-0.15, -0.1) is 0 Å². The van der Waals surface area contributed by atoms with Crippen molar-refractivity contribution in [2.24, 2.45) is 5.92 Å². The molecular weight excluding hydrogens is 300 g/mol. The first-order chi connectivity index (χ1) is 11.7. The molecular formula is C20H24N2O2. The van der Waals surface area contributed by atoms with E-state index in [0.717, 1.165) is 29.3 Å². The molecule has 0 aromatic heterocycles. The molecule has 0 spiro atoms. The fourth-order valence-electron chi connectivity index (χ4n) is 2.56. The molecule has 2 aromatic carbocycles. The van der Waals surface area contributed by atoms with Gasteiger partial charge in [0.1, 0.15) is 0 Å². The summed E-state index contributed by atoms with van der Waals surface area (Å²) in [7, 11) is 0. The standard InChI is InChI=1S/C20H24N2O2/c1-15(18-7-3-2-4-8-18)21-20(23)22-19-9-5-6-17(12-19)14-24-13-16-10-11-16/h2-9,12,15-16H,10-11,13-14H2,1H3,(H2,21,22,23). The molecule has 1 aliphatic carbocycles. The molecule has 1 fully saturated rings. The first-order valence-electron chi connectivity index (χ1n) is 8.50. The predicted molar refractivity (Wildman–Crippen MR) is 95.8 cm³/mol. The van der Waals surface area contributed by atoms with Crippen molar-refractivity contribution in [1.29, 1.82) is 0 Å². The summed E-state index contributed by atoms with van der Waals surface area (Å²) in [4.78, 5) is 12.2. The number of hydrogen-bond acceptors (Lipinski definition) is 2. The molecule has 3 rings (SSSR count). The normalized spacial score (nSPS) is 14.9. The maximum absolute atomic E-state index is 12.2. The van der Waals surface area contributed by atoms with Crippen LogP contribution in [0, 0.1) is 5.92 Å². The zero-order valence-corrected chi connectivity index (χ0v) is 14.0. The Morgan fingerprint density at radius 1 is 1.17 bits per heavy atom. The van der Waals surface area contributed by atoms with Crippen molar-refractivity contribution in [2.45, 2.75) is 32.4 Å². The maximum Gasteiger partial charge on any atom is 0.319 e. The summed E-state index contributed by atoms with van der Waals surface area (Å²) in [5, 5.41) is 5.84. The Hall–Kier alpha value is -2.33. The number of benzene rings is 2. The van der Waals surface area contributed by atoms with Crippen LogP contribution in [0.1, 0.15) is 36.9 Å². The van der Waals surface area contributed by atoms with E-state index in [1.807, 2.05) is 61.5 Å². The van der Waals surface area contributed by atoms with Crippen LogP contribution < -0.4 is 10.6 Å². The van der Waals surface area contributed by atoms with Crippen LogP contribution in [0.15, 0.2) is 54.6 Å². The number of anilines is 1. The largest absolute Gasteiger partial charge is 0.376 e. The summed E-state index contributed by atoms with van der Waals surface area (Å²) in [5.41, 5.74) is 2.93. The molecule has 0 radical (unpaired) electrons. The van der Waals surface area contributed by atoms with Crippen LogP contribution in [-0.4, -0.2) is 12.6 Å². The lowest BCUT2D eigenvalue weighted by Gasteiger charge is -2.15. The Morgan fingerprint density at radius 2 is 1.96 bits per heavy atom. The van der Waals surface area contributed by atoms with Crippen molar-refractivity contribution in [1.82, 2.24) is 5.32 Å². The van der Waals surface area contributed by atoms with Gasteiger partial charge in [-0.1, -0.05) is 42.5 Å². The molecule has 1 atom stereocenters. The topological polar surface area (TPSA) is 50.4 Å². The fourth-order valence-corrected chi connectivity index (χ4v) is 2.56. The highest BCUT2D eigenvalue weighted by Crippen LogP contribution is 2.29. The van der Waals surface area contributed by atoms with E-state index in [2.05, 4.69) is 10.6 Å². The van der Waals surface area contributed by atoms with E-state index in [1.54, 1.807) is 0 Å². The van der Waals surface area contributed by atoms with Gasteiger partial charge in [-0.2, -0.15) is 0 Å². The number of urea groups is 1. The van der Waals surface area contributed by atoms with Gasteiger partial charge in [0.25, 0.3) is 0 Å². The van der Waals surface area contributed by atoms with Crippen molar-refractivity contribution in [2.75, 3.05) is 11.9 Å². The Bertz CT molecular complexity index is 668. The molecule has 0 heterocycles. The van der Waals surface area contributed by atoms with E-state index in [4.69, 9.17) is 4.74 Å². The smallest absolute Gasteiger partial charge is 0.319 e. The Morgan fingerprint density at radius 3 is 2.71 bits per heavy atom. The number of ether oxygens (including phenoxy) is 1. The van der Waals surface area contributed by atoms with Crippen LogP contribution in [0.2, 0.25) is 0 Å². The molecule has 2 N–H and O–H groups in total. The van der Waals surface area contributed by atoms with Gasteiger partial charge >= 0.3 is 6.03 Å². The Balaban J connectivity index is 1.50. The van der Waals surface area contributed by atoms with Gasteiger partial charge in [-0.25, -0.2) is 4.79 Å². The van der Waals surface area contributed by atoms with Gasteiger partial charge in [0.05, 0.1) is 12.6 Å². The Labute approximate surface area is 143 Å². The van der Waals surface area contributed by atoms with Gasteiger partial charge in [-0.05, 0) is 48.9 Å². The fraction of sp³-hybridized carbons (Fsp3) is 0.350. The molecule has 1 aliphatic rings. The molecule has 1 unspecified atom stereocenters. The lowest BCUT2D eigenvalue weighted by molar-refractivity contribution is 0.111. The zero-order valence-electron chi connectivity index (χ0n) is 14.0. The average Bonchev–Trinajstić information content (AvgIpc) is 3.40. The lowest BCUT2D eigenvalue weighted by Crippen LogP contribution is -2.31. The Kier molecular flexibility index (Phi) is 5.49. The third-order valence-corrected chi connectivity index (χ3v) is 4.15. The average molecular weight is 324 g/mol. The minimum Gasteiger partial charge on any atom is -0.376 e. The second-order valence-electron chi connectivity index (χ2n) is 6.39. The summed E-state index contributed by atoms with van der Waals surface area (Å²) in [6.07, 6.45) is 2.59. The van der Waals surface area contributed by atoms with Crippen LogP contribution in [0.25, 0.3) is 0 Å². The van der Waals surface area contributed by atoms with Gasteiger partial charge in [0.15, 0.2) is 0 Å². The molecule has 2 aromatic rings. The summed E-state index contributed by atoms with van der Waals surface area (Å²) in [6, 6.07) is 17.5. The highest BCUT2D eigenvalue weighted by molar-refractivity contribution is 5.89. The minimum atomic E-state index is -0.206. The summed E-state index contributed by atoms with van der Waals surface area (Å²) in [6.45, 7) is 3.40. The second-order valence-corrected chi connectivity index (χ2v) is 6.39. The van der Waals surface area contributed by atoms with Crippen molar-refractivity contribution in [3.8, 4) is 0 Å². The van der Waals surface area contributed by atoms with E-state index in [1.165, 1.54) is 12.8 Å². The first-order valence-corrected chi connectivity index (χ1v) is 8.50. The third kappa shape index (κ3) is 5.10. The summed E-state index contributed by atoms with van der Waals surface area (Å²) >= 11 is 0. The second kappa shape index (κ2) is 7.97. The van der Waals surface area contributed by atoms with Crippen molar-refractivity contribution in [3.05, 3.63) is 65.7 Å². The van der Waals surface area contributed by atoms with E-state index in [-0.39, 0.29) is 12.1 Å². The SMILES string of the molecule is CC(NC(=O)Nc1cccc(COCC2CC2)c1)c1ccccc1. The number of carbonyl (C=O) groups excluding carboxylic acids is 1. The molecule has 0 bridgehead atoms. The van der Waals surface area contributed by atoms with E-state index in [9.17, 15) is 4.79 Å². The lowest BCUT2D eigenvalue weighted by atomic mass is 10.1. The number of rotatable bonds is 7. The van der Waals surface area contributed by atoms with Crippen LogP contribution >= 0.6 is 0 Å². The molecule has 4 heteroatoms. The van der Waals surface area contributed by atoms with Crippen LogP contribution in [0.4, 0.5) is 10.5 Å². The molecule has 0 saturated heterocycles. The molecule has 24 heavy (non-hydrogen) atoms. The zero-order chi connectivity index (χ0) is 16.8. The van der Waals surface area contributed by atoms with Crippen LogP contribution in [0.3, 0.4) is 0 Å². The number of amides is 2. The number of hydrogen-bond donors (Lipinski definition) is 2. The highest BCUT2D eigenvalue weighted by atomic mass is 16.5. The van der Waals surface area contributed by atoms with E-state index < -0.39 is 0 Å². The van der Waals surface area contributed by atoms with E-state index >= 15 is 0 Å². The van der Waals surface area contributed by atoms with E-state index in [0.29, 0.717) is 6.61 Å². The minimum absolute atomic E-state index is 0.0451. The van der Waals surface area contributed by atoms with Crippen LogP contribution in [0.5, 0.6) is 0 Å². The number of nitrogens with one attached hydrogen (secondary N) is 2. The van der Waals surface area contributed by atoms with Crippen molar-refractivity contribution in [3.63, 3.8) is 0 Å². The monoisotopic (exact) mass is 324 g/mol. The molecule has 2 amide bonds. The first kappa shape index (κ1) is 16.5. The van der Waals surface area contributed by atoms with Crippen molar-refractivity contribution < 1.29 is 9.53 Å². The highest BCUT2D eigenvalue weighted by Gasteiger charge is 2.21. The quantitative estimate of drug-likeness (QED) is 0.788. The molecule has 4 nitrogen and oxygen atoms in total. The van der Waals surface area contributed by atoms with Gasteiger partial charge in [0, 0.05) is 12.3 Å². The van der Waals surface area contributed by atoms with Crippen molar-refractivity contribution >= 4 is 11.7 Å². The summed E-state index contributed by atoms with van der Waals surface area (Å²) in [5.74, 6) is 0.761. The van der Waals surface area contributed by atoms with Gasteiger partial charge < -0.3 is 15.4 Å². The molecule has 1 saturated carbocycles. The van der Waals surface area contributed by atoms with Crippen LogP contribution in [-0.2, 0) is 11.3 Å². The number of carbonyl (C=O) groups is 1. The molecule has 0 aliphatic heterocycles. The maximum atomic E-state index is 12.2. The van der Waals surface area contributed by atoms with Gasteiger partial charge in [0.2, 0.25) is 0 Å². The van der Waals surface area contributed by atoms with Gasteiger partial charge in [-0.3, -0.25) is 0 Å².